The number of carbonyl (C=O) groups is 2. The summed E-state index contributed by atoms with van der Waals surface area (Å²) in [5, 5.41) is 7.46. The fourth-order valence-electron chi connectivity index (χ4n) is 2.13. The van der Waals surface area contributed by atoms with Gasteiger partial charge in [0.15, 0.2) is 0 Å². The summed E-state index contributed by atoms with van der Waals surface area (Å²) in [7, 11) is 0. The zero-order chi connectivity index (χ0) is 19.1. The fourth-order valence-corrected chi connectivity index (χ4v) is 2.49. The van der Waals surface area contributed by atoms with Crippen molar-refractivity contribution in [1.82, 2.24) is 5.43 Å². The van der Waals surface area contributed by atoms with Crippen molar-refractivity contribution in [3.8, 4) is 0 Å². The molecule has 2 aromatic rings. The maximum Gasteiger partial charge on any atom is 0.271 e. The molecule has 0 bridgehead atoms. The van der Waals surface area contributed by atoms with Crippen LogP contribution in [0.3, 0.4) is 0 Å². The van der Waals surface area contributed by atoms with Gasteiger partial charge < -0.3 is 5.32 Å². The molecule has 0 aliphatic carbocycles. The summed E-state index contributed by atoms with van der Waals surface area (Å²) in [4.78, 5) is 23.8. The van der Waals surface area contributed by atoms with Crippen LogP contribution < -0.4 is 10.7 Å². The molecule has 2 N–H and O–H groups in total. The van der Waals surface area contributed by atoms with Gasteiger partial charge in [0.1, 0.15) is 0 Å². The SMILES string of the molecule is CC(C)CC(=O)Nc1ccc(C(=O)N/N=C/c2cccc(Cl)c2Cl)cc1. The first-order chi connectivity index (χ1) is 12.4. The number of rotatable bonds is 6. The van der Waals surface area contributed by atoms with Gasteiger partial charge in [0, 0.05) is 23.2 Å². The van der Waals surface area contributed by atoms with Gasteiger partial charge in [0.2, 0.25) is 5.91 Å². The Hall–Kier alpha value is -2.37. The Labute approximate surface area is 162 Å². The minimum absolute atomic E-state index is 0.0554. The van der Waals surface area contributed by atoms with Crippen molar-refractivity contribution < 1.29 is 9.59 Å². The largest absolute Gasteiger partial charge is 0.326 e. The summed E-state index contributed by atoms with van der Waals surface area (Å²) in [6.45, 7) is 3.95. The second-order valence-electron chi connectivity index (χ2n) is 6.07. The van der Waals surface area contributed by atoms with E-state index in [1.165, 1.54) is 6.21 Å². The van der Waals surface area contributed by atoms with Crippen molar-refractivity contribution in [2.45, 2.75) is 20.3 Å². The van der Waals surface area contributed by atoms with Gasteiger partial charge in [-0.2, -0.15) is 5.10 Å². The van der Waals surface area contributed by atoms with E-state index < -0.39 is 0 Å². The first kappa shape index (κ1) is 19.9. The molecule has 0 fully saturated rings. The number of hydrogen-bond donors (Lipinski definition) is 2. The lowest BCUT2D eigenvalue weighted by Crippen LogP contribution is -2.18. The molecule has 0 aliphatic rings. The van der Waals surface area contributed by atoms with E-state index in [1.54, 1.807) is 42.5 Å². The van der Waals surface area contributed by atoms with Gasteiger partial charge in [-0.15, -0.1) is 0 Å². The quantitative estimate of drug-likeness (QED) is 0.551. The molecule has 136 valence electrons. The average molecular weight is 392 g/mol. The van der Waals surface area contributed by atoms with Crippen LogP contribution in [0.15, 0.2) is 47.6 Å². The zero-order valence-corrected chi connectivity index (χ0v) is 15.9. The van der Waals surface area contributed by atoms with Crippen LogP contribution in [0.4, 0.5) is 5.69 Å². The summed E-state index contributed by atoms with van der Waals surface area (Å²) in [5.74, 6) is -0.148. The zero-order valence-electron chi connectivity index (χ0n) is 14.4. The van der Waals surface area contributed by atoms with E-state index in [0.29, 0.717) is 33.3 Å². The Morgan fingerprint density at radius 1 is 1.12 bits per heavy atom. The van der Waals surface area contributed by atoms with Crippen LogP contribution in [0.5, 0.6) is 0 Å². The van der Waals surface area contributed by atoms with Gasteiger partial charge in [-0.1, -0.05) is 49.2 Å². The minimum atomic E-state index is -0.376. The molecule has 2 aromatic carbocycles. The Morgan fingerprint density at radius 3 is 2.46 bits per heavy atom. The van der Waals surface area contributed by atoms with E-state index in [1.807, 2.05) is 13.8 Å². The summed E-state index contributed by atoms with van der Waals surface area (Å²) in [5.41, 5.74) is 4.08. The summed E-state index contributed by atoms with van der Waals surface area (Å²) in [6.07, 6.45) is 1.87. The van der Waals surface area contributed by atoms with Crippen molar-refractivity contribution in [3.05, 3.63) is 63.6 Å². The highest BCUT2D eigenvalue weighted by Gasteiger charge is 2.08. The van der Waals surface area contributed by atoms with E-state index in [0.717, 1.165) is 0 Å². The molecular formula is C19H19Cl2N3O2. The molecule has 0 unspecified atom stereocenters. The molecule has 0 saturated heterocycles. The topological polar surface area (TPSA) is 70.6 Å². The summed E-state index contributed by atoms with van der Waals surface area (Å²) < 4.78 is 0. The molecule has 7 heteroatoms. The van der Waals surface area contributed by atoms with Crippen LogP contribution in [0.25, 0.3) is 0 Å². The highest BCUT2D eigenvalue weighted by molar-refractivity contribution is 6.43. The van der Waals surface area contributed by atoms with Crippen molar-refractivity contribution in [1.29, 1.82) is 0 Å². The molecule has 0 saturated carbocycles. The highest BCUT2D eigenvalue weighted by Crippen LogP contribution is 2.24. The van der Waals surface area contributed by atoms with Crippen molar-refractivity contribution >= 4 is 46.9 Å². The van der Waals surface area contributed by atoms with Crippen LogP contribution in [-0.4, -0.2) is 18.0 Å². The monoisotopic (exact) mass is 391 g/mol. The second-order valence-corrected chi connectivity index (χ2v) is 6.85. The van der Waals surface area contributed by atoms with Crippen LogP contribution in [0.2, 0.25) is 10.0 Å². The molecule has 26 heavy (non-hydrogen) atoms. The maximum atomic E-state index is 12.1. The number of amides is 2. The van der Waals surface area contributed by atoms with Crippen LogP contribution in [0.1, 0.15) is 36.2 Å². The molecule has 0 atom stereocenters. The van der Waals surface area contributed by atoms with E-state index in [4.69, 9.17) is 23.2 Å². The third-order valence-electron chi connectivity index (χ3n) is 3.38. The number of carbonyl (C=O) groups excluding carboxylic acids is 2. The molecule has 0 heterocycles. The average Bonchev–Trinajstić information content (AvgIpc) is 2.58. The Kier molecular flexibility index (Phi) is 7.18. The summed E-state index contributed by atoms with van der Waals surface area (Å²) >= 11 is 12.0. The Bertz CT molecular complexity index is 818. The molecule has 2 rings (SSSR count). The number of benzene rings is 2. The van der Waals surface area contributed by atoms with Crippen LogP contribution in [-0.2, 0) is 4.79 Å². The third-order valence-corrected chi connectivity index (χ3v) is 4.21. The lowest BCUT2D eigenvalue weighted by molar-refractivity contribution is -0.116. The molecule has 0 spiro atoms. The number of hydrogen-bond acceptors (Lipinski definition) is 3. The molecule has 0 aromatic heterocycles. The van der Waals surface area contributed by atoms with Crippen molar-refractivity contribution in [2.75, 3.05) is 5.32 Å². The third kappa shape index (κ3) is 5.86. The highest BCUT2D eigenvalue weighted by atomic mass is 35.5. The van der Waals surface area contributed by atoms with E-state index >= 15 is 0 Å². The maximum absolute atomic E-state index is 12.1. The normalized spacial score (nSPS) is 11.0. The Balaban J connectivity index is 1.94. The molecule has 0 aliphatic heterocycles. The van der Waals surface area contributed by atoms with Crippen molar-refractivity contribution in [3.63, 3.8) is 0 Å². The van der Waals surface area contributed by atoms with E-state index in [2.05, 4.69) is 15.8 Å². The van der Waals surface area contributed by atoms with Crippen LogP contribution >= 0.6 is 23.2 Å². The predicted molar refractivity (Wildman–Crippen MR) is 106 cm³/mol. The number of halogens is 2. The Morgan fingerprint density at radius 2 is 1.81 bits per heavy atom. The van der Waals surface area contributed by atoms with E-state index in [9.17, 15) is 9.59 Å². The van der Waals surface area contributed by atoms with Gasteiger partial charge >= 0.3 is 0 Å². The first-order valence-corrected chi connectivity index (χ1v) is 8.79. The lowest BCUT2D eigenvalue weighted by atomic mass is 10.1. The second kappa shape index (κ2) is 9.36. The fraction of sp³-hybridized carbons (Fsp3) is 0.211. The van der Waals surface area contributed by atoms with E-state index in [-0.39, 0.29) is 17.7 Å². The lowest BCUT2D eigenvalue weighted by Gasteiger charge is -2.07. The van der Waals surface area contributed by atoms with Crippen molar-refractivity contribution in [2.24, 2.45) is 11.0 Å². The smallest absolute Gasteiger partial charge is 0.271 e. The molecule has 2 amide bonds. The number of nitrogens with zero attached hydrogens (tertiary/aromatic N) is 1. The standard InChI is InChI=1S/C19H19Cl2N3O2/c1-12(2)10-17(25)23-15-8-6-13(7-9-15)19(26)24-22-11-14-4-3-5-16(20)18(14)21/h3-9,11-12H,10H2,1-2H3,(H,23,25)(H,24,26)/b22-11+. The molecule has 5 nitrogen and oxygen atoms in total. The number of hydrazone groups is 1. The molecule has 0 radical (unpaired) electrons. The minimum Gasteiger partial charge on any atom is -0.326 e. The predicted octanol–water partition coefficient (Wildman–Crippen LogP) is 4.74. The van der Waals surface area contributed by atoms with Gasteiger partial charge in [-0.25, -0.2) is 5.43 Å². The number of nitrogens with one attached hydrogen (secondary N) is 2. The van der Waals surface area contributed by atoms with Gasteiger partial charge in [-0.05, 0) is 36.2 Å². The van der Waals surface area contributed by atoms with Crippen LogP contribution in [0, 0.1) is 5.92 Å². The van der Waals surface area contributed by atoms with Gasteiger partial charge in [0.05, 0.1) is 16.3 Å². The molecular weight excluding hydrogens is 373 g/mol. The van der Waals surface area contributed by atoms with Gasteiger partial charge in [-0.3, -0.25) is 9.59 Å². The van der Waals surface area contributed by atoms with Gasteiger partial charge in [0.25, 0.3) is 5.91 Å². The number of anilines is 1. The first-order valence-electron chi connectivity index (χ1n) is 8.04. The summed E-state index contributed by atoms with van der Waals surface area (Å²) in [6, 6.07) is 11.7.